The molecular weight excluding hydrogens is 214 g/mol. The Labute approximate surface area is 103 Å². The summed E-state index contributed by atoms with van der Waals surface area (Å²) in [5.41, 5.74) is 0. The number of carbonyl (C=O) groups excluding carboxylic acids is 1. The first-order chi connectivity index (χ1) is 8.24. The summed E-state index contributed by atoms with van der Waals surface area (Å²) in [7, 11) is 0. The molecule has 1 heterocycles. The van der Waals surface area contributed by atoms with Crippen molar-refractivity contribution < 1.29 is 4.79 Å². The first kappa shape index (κ1) is 12.1. The van der Waals surface area contributed by atoms with E-state index in [0.717, 1.165) is 19.4 Å². The SMILES string of the molecule is CCN(C(=O)C(C)n1cccn1)C1CCCC1. The normalized spacial score (nSPS) is 18.2. The van der Waals surface area contributed by atoms with Gasteiger partial charge in [0, 0.05) is 25.0 Å². The van der Waals surface area contributed by atoms with Gasteiger partial charge in [0.25, 0.3) is 0 Å². The summed E-state index contributed by atoms with van der Waals surface area (Å²) < 4.78 is 1.74. The zero-order valence-corrected chi connectivity index (χ0v) is 10.7. The van der Waals surface area contributed by atoms with Gasteiger partial charge in [-0.15, -0.1) is 0 Å². The Morgan fingerprint density at radius 3 is 2.76 bits per heavy atom. The number of carbonyl (C=O) groups is 1. The fourth-order valence-electron chi connectivity index (χ4n) is 2.67. The van der Waals surface area contributed by atoms with Crippen LogP contribution in [0, 0.1) is 0 Å². The molecule has 4 heteroatoms. The van der Waals surface area contributed by atoms with Gasteiger partial charge in [-0.1, -0.05) is 12.8 Å². The molecule has 0 N–H and O–H groups in total. The molecule has 0 aromatic carbocycles. The molecule has 4 nitrogen and oxygen atoms in total. The van der Waals surface area contributed by atoms with Crippen LogP contribution in [0.3, 0.4) is 0 Å². The van der Waals surface area contributed by atoms with E-state index in [2.05, 4.69) is 12.0 Å². The monoisotopic (exact) mass is 235 g/mol. The number of nitrogens with zero attached hydrogens (tertiary/aromatic N) is 3. The first-order valence-electron chi connectivity index (χ1n) is 6.53. The average Bonchev–Trinajstić information content (AvgIpc) is 3.01. The Kier molecular flexibility index (Phi) is 3.82. The Morgan fingerprint density at radius 1 is 1.53 bits per heavy atom. The Balaban J connectivity index is 2.06. The Morgan fingerprint density at radius 2 is 2.24 bits per heavy atom. The second kappa shape index (κ2) is 5.34. The summed E-state index contributed by atoms with van der Waals surface area (Å²) in [6, 6.07) is 2.12. The second-order valence-corrected chi connectivity index (χ2v) is 4.72. The summed E-state index contributed by atoms with van der Waals surface area (Å²) in [4.78, 5) is 14.5. The Hall–Kier alpha value is -1.32. The van der Waals surface area contributed by atoms with Gasteiger partial charge in [-0.25, -0.2) is 0 Å². The van der Waals surface area contributed by atoms with E-state index in [9.17, 15) is 4.79 Å². The molecule has 0 saturated heterocycles. The van der Waals surface area contributed by atoms with Crippen LogP contribution >= 0.6 is 0 Å². The molecule has 1 unspecified atom stereocenters. The van der Waals surface area contributed by atoms with Crippen LogP contribution < -0.4 is 0 Å². The molecule has 0 aliphatic heterocycles. The van der Waals surface area contributed by atoms with Gasteiger partial charge in [0.1, 0.15) is 6.04 Å². The molecule has 1 aromatic rings. The molecule has 17 heavy (non-hydrogen) atoms. The van der Waals surface area contributed by atoms with E-state index in [1.807, 2.05) is 24.1 Å². The number of hydrogen-bond acceptors (Lipinski definition) is 2. The third kappa shape index (κ3) is 2.51. The minimum absolute atomic E-state index is 0.189. The summed E-state index contributed by atoms with van der Waals surface area (Å²) in [6.07, 6.45) is 8.40. The maximum absolute atomic E-state index is 12.4. The summed E-state index contributed by atoms with van der Waals surface area (Å²) >= 11 is 0. The van der Waals surface area contributed by atoms with E-state index in [1.165, 1.54) is 12.8 Å². The number of hydrogen-bond donors (Lipinski definition) is 0. The van der Waals surface area contributed by atoms with Crippen molar-refractivity contribution in [1.29, 1.82) is 0 Å². The predicted octanol–water partition coefficient (Wildman–Crippen LogP) is 2.24. The molecule has 2 rings (SSSR count). The summed E-state index contributed by atoms with van der Waals surface area (Å²) in [5.74, 6) is 0.197. The molecule has 1 atom stereocenters. The molecule has 1 saturated carbocycles. The van der Waals surface area contributed by atoms with Crippen LogP contribution in [0.4, 0.5) is 0 Å². The average molecular weight is 235 g/mol. The summed E-state index contributed by atoms with van der Waals surface area (Å²) in [6.45, 7) is 4.79. The van der Waals surface area contributed by atoms with Crippen LogP contribution in [0.5, 0.6) is 0 Å². The van der Waals surface area contributed by atoms with Gasteiger partial charge in [-0.05, 0) is 32.8 Å². The first-order valence-corrected chi connectivity index (χ1v) is 6.53. The van der Waals surface area contributed by atoms with Crippen molar-refractivity contribution in [3.63, 3.8) is 0 Å². The zero-order valence-electron chi connectivity index (χ0n) is 10.7. The molecule has 94 valence electrons. The molecule has 1 aromatic heterocycles. The van der Waals surface area contributed by atoms with Gasteiger partial charge in [0.05, 0.1) is 0 Å². The maximum atomic E-state index is 12.4. The van der Waals surface area contributed by atoms with Crippen molar-refractivity contribution in [2.24, 2.45) is 0 Å². The van der Waals surface area contributed by atoms with Crippen molar-refractivity contribution in [2.45, 2.75) is 51.6 Å². The molecular formula is C13H21N3O. The summed E-state index contributed by atoms with van der Waals surface area (Å²) in [5, 5.41) is 4.15. The van der Waals surface area contributed by atoms with Gasteiger partial charge in [0.15, 0.2) is 0 Å². The van der Waals surface area contributed by atoms with Crippen LogP contribution in [0.25, 0.3) is 0 Å². The van der Waals surface area contributed by atoms with Gasteiger partial charge < -0.3 is 4.90 Å². The topological polar surface area (TPSA) is 38.1 Å². The van der Waals surface area contributed by atoms with Crippen LogP contribution in [-0.4, -0.2) is 33.2 Å². The standard InChI is InChI=1S/C13H21N3O/c1-3-15(12-7-4-5-8-12)13(17)11(2)16-10-6-9-14-16/h6,9-12H,3-5,7-8H2,1-2H3. The number of amides is 1. The van der Waals surface area contributed by atoms with Crippen molar-refractivity contribution in [3.05, 3.63) is 18.5 Å². The van der Waals surface area contributed by atoms with E-state index < -0.39 is 0 Å². The fourth-order valence-corrected chi connectivity index (χ4v) is 2.67. The zero-order chi connectivity index (χ0) is 12.3. The maximum Gasteiger partial charge on any atom is 0.247 e. The third-order valence-electron chi connectivity index (χ3n) is 3.67. The van der Waals surface area contributed by atoms with E-state index in [1.54, 1.807) is 10.9 Å². The molecule has 1 amide bonds. The lowest BCUT2D eigenvalue weighted by Crippen LogP contribution is -2.42. The minimum atomic E-state index is -0.189. The van der Waals surface area contributed by atoms with E-state index >= 15 is 0 Å². The highest BCUT2D eigenvalue weighted by Crippen LogP contribution is 2.25. The van der Waals surface area contributed by atoms with Gasteiger partial charge in [0.2, 0.25) is 5.91 Å². The molecule has 1 aliphatic rings. The molecule has 0 radical (unpaired) electrons. The van der Waals surface area contributed by atoms with Crippen LogP contribution in [-0.2, 0) is 4.79 Å². The van der Waals surface area contributed by atoms with Gasteiger partial charge in [-0.2, -0.15) is 5.10 Å². The largest absolute Gasteiger partial charge is 0.338 e. The van der Waals surface area contributed by atoms with E-state index in [0.29, 0.717) is 6.04 Å². The number of rotatable bonds is 4. The Bertz CT molecular complexity index is 355. The second-order valence-electron chi connectivity index (χ2n) is 4.72. The van der Waals surface area contributed by atoms with E-state index in [4.69, 9.17) is 0 Å². The van der Waals surface area contributed by atoms with Crippen LogP contribution in [0.1, 0.15) is 45.6 Å². The fraction of sp³-hybridized carbons (Fsp3) is 0.692. The lowest BCUT2D eigenvalue weighted by atomic mass is 10.1. The quantitative estimate of drug-likeness (QED) is 0.802. The van der Waals surface area contributed by atoms with Crippen LogP contribution in [0.15, 0.2) is 18.5 Å². The van der Waals surface area contributed by atoms with Gasteiger partial charge in [-0.3, -0.25) is 9.48 Å². The van der Waals surface area contributed by atoms with E-state index in [-0.39, 0.29) is 11.9 Å². The third-order valence-corrected chi connectivity index (χ3v) is 3.67. The van der Waals surface area contributed by atoms with Crippen molar-refractivity contribution in [2.75, 3.05) is 6.54 Å². The highest BCUT2D eigenvalue weighted by molar-refractivity contribution is 5.80. The predicted molar refractivity (Wildman–Crippen MR) is 66.6 cm³/mol. The molecule has 0 spiro atoms. The highest BCUT2D eigenvalue weighted by Gasteiger charge is 2.29. The molecule has 1 fully saturated rings. The van der Waals surface area contributed by atoms with Crippen molar-refractivity contribution in [1.82, 2.24) is 14.7 Å². The molecule has 1 aliphatic carbocycles. The van der Waals surface area contributed by atoms with Crippen molar-refractivity contribution >= 4 is 5.91 Å². The van der Waals surface area contributed by atoms with Crippen molar-refractivity contribution in [3.8, 4) is 0 Å². The highest BCUT2D eigenvalue weighted by atomic mass is 16.2. The van der Waals surface area contributed by atoms with Crippen LogP contribution in [0.2, 0.25) is 0 Å². The minimum Gasteiger partial charge on any atom is -0.338 e. The van der Waals surface area contributed by atoms with Gasteiger partial charge >= 0.3 is 0 Å². The number of likely N-dealkylation sites (N-methyl/N-ethyl adjacent to an activating group) is 1. The smallest absolute Gasteiger partial charge is 0.247 e. The lowest BCUT2D eigenvalue weighted by molar-refractivity contribution is -0.136. The lowest BCUT2D eigenvalue weighted by Gasteiger charge is -2.30. The molecule has 0 bridgehead atoms. The number of aromatic nitrogens is 2.